The minimum absolute atomic E-state index is 0.387. The van der Waals surface area contributed by atoms with Gasteiger partial charge in [0.1, 0.15) is 37.1 Å². The molecule has 0 amide bonds. The van der Waals surface area contributed by atoms with Crippen LogP contribution in [0.4, 0.5) is 0 Å². The molecule has 0 heterocycles. The van der Waals surface area contributed by atoms with E-state index in [9.17, 15) is 30.3 Å². The number of rotatable bonds is 3. The van der Waals surface area contributed by atoms with Crippen molar-refractivity contribution in [1.29, 1.82) is 5.41 Å². The van der Waals surface area contributed by atoms with Crippen LogP contribution in [0.5, 0.6) is 0 Å². The Morgan fingerprint density at radius 1 is 1.10 bits per heavy atom. The van der Waals surface area contributed by atoms with Gasteiger partial charge in [0.25, 0.3) is 0 Å². The molecule has 0 aromatic rings. The summed E-state index contributed by atoms with van der Waals surface area (Å²) in [5.41, 5.74) is 5.12. The van der Waals surface area contributed by atoms with Gasteiger partial charge in [0.15, 0.2) is 12.1 Å². The Kier molecular flexibility index (Phi) is 5.25. The molecule has 1 rings (SSSR count). The Hall–Kier alpha value is -1.46. The average Bonchev–Trinajstić information content (AvgIpc) is 2.39. The van der Waals surface area contributed by atoms with Gasteiger partial charge >= 0.3 is 5.97 Å². The van der Waals surface area contributed by atoms with Crippen LogP contribution in [0.15, 0.2) is 0 Å². The lowest BCUT2D eigenvalue weighted by atomic mass is 9.85. The number of hydrogen-bond acceptors (Lipinski definition) is 8. The van der Waals surface area contributed by atoms with E-state index in [1.165, 1.54) is 7.05 Å². The minimum atomic E-state index is -1.77. The van der Waals surface area contributed by atoms with E-state index in [2.05, 4.69) is 0 Å². The first kappa shape index (κ1) is 16.6. The molecule has 1 saturated carbocycles. The van der Waals surface area contributed by atoms with E-state index in [1.54, 1.807) is 0 Å². The standard InChI is InChI=1S/C10H19N3O7/c1-13(10(11)12)2-3(14)20-9-7(18)5(16)4(15)6(17)8(9)19/h4-9,15-19H,2H2,1H3,(H3,11,12)/t4?,5-,6+,7-,8-,9?/m0/s1. The van der Waals surface area contributed by atoms with Gasteiger partial charge in [-0.1, -0.05) is 0 Å². The van der Waals surface area contributed by atoms with Crippen molar-refractivity contribution in [3.63, 3.8) is 0 Å². The van der Waals surface area contributed by atoms with Gasteiger partial charge in [-0.15, -0.1) is 0 Å². The normalized spacial score (nSPS) is 37.3. The molecule has 0 radical (unpaired) electrons. The number of carbonyl (C=O) groups is 1. The molecule has 0 spiro atoms. The van der Waals surface area contributed by atoms with Gasteiger partial charge in [-0.25, -0.2) is 0 Å². The summed E-state index contributed by atoms with van der Waals surface area (Å²) in [5, 5.41) is 54.6. The lowest BCUT2D eigenvalue weighted by Crippen LogP contribution is -2.64. The molecule has 0 saturated heterocycles. The number of aliphatic hydroxyl groups excluding tert-OH is 5. The molecule has 20 heavy (non-hydrogen) atoms. The zero-order valence-corrected chi connectivity index (χ0v) is 10.7. The quantitative estimate of drug-likeness (QED) is 0.153. The highest BCUT2D eigenvalue weighted by Gasteiger charge is 2.50. The van der Waals surface area contributed by atoms with Gasteiger partial charge in [0.05, 0.1) is 0 Å². The highest BCUT2D eigenvalue weighted by Crippen LogP contribution is 2.24. The second-order valence-corrected chi connectivity index (χ2v) is 4.65. The van der Waals surface area contributed by atoms with Crippen LogP contribution in [-0.4, -0.2) is 92.6 Å². The number of nitrogens with zero attached hydrogens (tertiary/aromatic N) is 1. The zero-order valence-electron chi connectivity index (χ0n) is 10.7. The molecule has 1 aliphatic carbocycles. The maximum atomic E-state index is 11.5. The highest BCUT2D eigenvalue weighted by atomic mass is 16.6. The third-order valence-electron chi connectivity index (χ3n) is 3.12. The maximum absolute atomic E-state index is 11.5. The summed E-state index contributed by atoms with van der Waals surface area (Å²) in [6.45, 7) is -0.417. The summed E-state index contributed by atoms with van der Waals surface area (Å²) in [6, 6.07) is 0. The summed E-state index contributed by atoms with van der Waals surface area (Å²) >= 11 is 0. The molecule has 8 N–H and O–H groups in total. The van der Waals surface area contributed by atoms with Gasteiger partial charge in [-0.05, 0) is 0 Å². The Morgan fingerprint density at radius 3 is 1.90 bits per heavy atom. The fourth-order valence-corrected chi connectivity index (χ4v) is 1.80. The topological polar surface area (TPSA) is 181 Å². The van der Waals surface area contributed by atoms with Crippen LogP contribution < -0.4 is 5.73 Å². The van der Waals surface area contributed by atoms with E-state index < -0.39 is 49.1 Å². The van der Waals surface area contributed by atoms with Gasteiger partial charge in [-0.3, -0.25) is 10.2 Å². The summed E-state index contributed by atoms with van der Waals surface area (Å²) in [4.78, 5) is 12.6. The number of nitrogens with one attached hydrogen (secondary N) is 1. The summed E-state index contributed by atoms with van der Waals surface area (Å²) in [6.07, 6.45) is -10.4. The van der Waals surface area contributed by atoms with Crippen LogP contribution in [0.3, 0.4) is 0 Å². The van der Waals surface area contributed by atoms with Crippen molar-refractivity contribution < 1.29 is 35.1 Å². The molecular weight excluding hydrogens is 274 g/mol. The lowest BCUT2D eigenvalue weighted by molar-refractivity contribution is -0.233. The summed E-state index contributed by atoms with van der Waals surface area (Å²) in [5.74, 6) is -1.32. The zero-order chi connectivity index (χ0) is 15.6. The van der Waals surface area contributed by atoms with Crippen molar-refractivity contribution in [1.82, 2.24) is 4.90 Å². The van der Waals surface area contributed by atoms with Crippen molar-refractivity contribution in [2.75, 3.05) is 13.6 Å². The third kappa shape index (κ3) is 3.35. The first-order chi connectivity index (χ1) is 9.16. The summed E-state index contributed by atoms with van der Waals surface area (Å²) < 4.78 is 4.76. The molecular formula is C10H19N3O7. The number of esters is 1. The van der Waals surface area contributed by atoms with Crippen LogP contribution in [-0.2, 0) is 9.53 Å². The predicted octanol–water partition coefficient (Wildman–Crippen LogP) is -4.46. The molecule has 0 bridgehead atoms. The second kappa shape index (κ2) is 6.33. The number of ether oxygens (including phenoxy) is 1. The smallest absolute Gasteiger partial charge is 0.326 e. The van der Waals surface area contributed by atoms with Gasteiger partial charge in [0.2, 0.25) is 0 Å². The molecule has 0 aromatic carbocycles. The first-order valence-corrected chi connectivity index (χ1v) is 5.81. The Bertz CT molecular complexity index is 364. The maximum Gasteiger partial charge on any atom is 0.326 e. The fraction of sp³-hybridized carbons (Fsp3) is 0.800. The molecule has 0 aliphatic heterocycles. The Labute approximate surface area is 114 Å². The molecule has 6 atom stereocenters. The SMILES string of the molecule is CN(CC(=O)OC1[C@@H](O)[C@H](O)C(O)[C@H](O)[C@@H]1O)C(=N)N. The van der Waals surface area contributed by atoms with Gasteiger partial charge < -0.3 is 40.9 Å². The van der Waals surface area contributed by atoms with E-state index >= 15 is 0 Å². The molecule has 1 fully saturated rings. The number of hydrogen-bond donors (Lipinski definition) is 7. The number of guanidine groups is 1. The molecule has 1 aliphatic rings. The monoisotopic (exact) mass is 293 g/mol. The fourth-order valence-electron chi connectivity index (χ4n) is 1.80. The molecule has 0 aromatic heterocycles. The van der Waals surface area contributed by atoms with Crippen molar-refractivity contribution in [2.24, 2.45) is 5.73 Å². The second-order valence-electron chi connectivity index (χ2n) is 4.65. The van der Waals surface area contributed by atoms with E-state index in [0.29, 0.717) is 0 Å². The Balaban J connectivity index is 2.70. The van der Waals surface area contributed by atoms with Crippen LogP contribution in [0, 0.1) is 5.41 Å². The van der Waals surface area contributed by atoms with E-state index in [1.807, 2.05) is 0 Å². The van der Waals surface area contributed by atoms with Crippen LogP contribution in [0.2, 0.25) is 0 Å². The van der Waals surface area contributed by atoms with Crippen molar-refractivity contribution in [3.8, 4) is 0 Å². The average molecular weight is 293 g/mol. The minimum Gasteiger partial charge on any atom is -0.455 e. The number of nitrogens with two attached hydrogens (primary N) is 1. The lowest BCUT2D eigenvalue weighted by Gasteiger charge is -2.41. The van der Waals surface area contributed by atoms with E-state index in [0.717, 1.165) is 4.90 Å². The van der Waals surface area contributed by atoms with Crippen molar-refractivity contribution in [3.05, 3.63) is 0 Å². The van der Waals surface area contributed by atoms with Gasteiger partial charge in [0, 0.05) is 7.05 Å². The largest absolute Gasteiger partial charge is 0.455 e. The Morgan fingerprint density at radius 2 is 1.50 bits per heavy atom. The van der Waals surface area contributed by atoms with Crippen molar-refractivity contribution in [2.45, 2.75) is 36.6 Å². The van der Waals surface area contributed by atoms with Crippen LogP contribution >= 0.6 is 0 Å². The van der Waals surface area contributed by atoms with E-state index in [-0.39, 0.29) is 5.96 Å². The highest BCUT2D eigenvalue weighted by molar-refractivity contribution is 5.81. The molecule has 10 nitrogen and oxygen atoms in total. The van der Waals surface area contributed by atoms with Crippen molar-refractivity contribution >= 4 is 11.9 Å². The molecule has 10 heteroatoms. The first-order valence-electron chi connectivity index (χ1n) is 5.81. The molecule has 116 valence electrons. The number of aliphatic hydroxyl groups is 5. The van der Waals surface area contributed by atoms with Gasteiger partial charge in [-0.2, -0.15) is 0 Å². The number of carbonyl (C=O) groups excluding carboxylic acids is 1. The summed E-state index contributed by atoms with van der Waals surface area (Å²) in [7, 11) is 1.35. The third-order valence-corrected chi connectivity index (χ3v) is 3.12. The van der Waals surface area contributed by atoms with Crippen LogP contribution in [0.1, 0.15) is 0 Å². The number of likely N-dealkylation sites (N-methyl/N-ethyl adjacent to an activating group) is 1. The van der Waals surface area contributed by atoms with Crippen LogP contribution in [0.25, 0.3) is 0 Å². The predicted molar refractivity (Wildman–Crippen MR) is 64.5 cm³/mol. The molecule has 2 unspecified atom stereocenters. The van der Waals surface area contributed by atoms with E-state index in [4.69, 9.17) is 15.9 Å².